The third kappa shape index (κ3) is 3.12. The van der Waals surface area contributed by atoms with Crippen LogP contribution in [0.3, 0.4) is 0 Å². The molecule has 0 amide bonds. The van der Waals surface area contributed by atoms with E-state index in [2.05, 4.69) is 31.1 Å². The number of hydrogen-bond acceptors (Lipinski definition) is 2. The zero-order valence-electron chi connectivity index (χ0n) is 10.8. The number of anilines is 1. The maximum Gasteiger partial charge on any atom is 0.152 e. The molecule has 1 aromatic rings. The predicted octanol–water partition coefficient (Wildman–Crippen LogP) is 4.28. The maximum absolute atomic E-state index is 6.15. The van der Waals surface area contributed by atoms with Crippen LogP contribution >= 0.6 is 11.6 Å². The second-order valence-corrected chi connectivity index (χ2v) is 5.91. The number of nitrogens with zero attached hydrogens (tertiary/aromatic N) is 1. The molecule has 1 heterocycles. The van der Waals surface area contributed by atoms with Gasteiger partial charge in [0.05, 0.1) is 5.69 Å². The first kappa shape index (κ1) is 12.7. The van der Waals surface area contributed by atoms with Crippen LogP contribution in [0.5, 0.6) is 0 Å². The number of halogens is 1. The second kappa shape index (κ2) is 5.26. The standard InChI is InChI=1S/C14H21ClN2/c1-9-6-10(2)8-12(7-9)17-13-11(3)4-5-16-14(13)15/h4-5,9-10,12,17H,6-8H2,1-3H3. The summed E-state index contributed by atoms with van der Waals surface area (Å²) in [4.78, 5) is 4.15. The Morgan fingerprint density at radius 2 is 1.88 bits per heavy atom. The minimum atomic E-state index is 0.536. The highest BCUT2D eigenvalue weighted by Gasteiger charge is 2.24. The van der Waals surface area contributed by atoms with Gasteiger partial charge in [0.15, 0.2) is 5.15 Å². The first-order valence-electron chi connectivity index (χ1n) is 6.44. The van der Waals surface area contributed by atoms with Crippen molar-refractivity contribution in [2.45, 2.75) is 46.1 Å². The number of pyridine rings is 1. The molecule has 94 valence electrons. The van der Waals surface area contributed by atoms with E-state index in [0.29, 0.717) is 11.2 Å². The molecule has 0 saturated heterocycles. The second-order valence-electron chi connectivity index (χ2n) is 5.55. The minimum Gasteiger partial charge on any atom is -0.380 e. The SMILES string of the molecule is Cc1ccnc(Cl)c1NC1CC(C)CC(C)C1. The summed E-state index contributed by atoms with van der Waals surface area (Å²) in [5.41, 5.74) is 2.19. The van der Waals surface area contributed by atoms with Gasteiger partial charge in [-0.15, -0.1) is 0 Å². The Kier molecular flexibility index (Phi) is 3.93. The van der Waals surface area contributed by atoms with E-state index in [1.54, 1.807) is 6.20 Å². The average molecular weight is 253 g/mol. The average Bonchev–Trinajstić information content (AvgIpc) is 2.22. The van der Waals surface area contributed by atoms with E-state index in [0.717, 1.165) is 17.5 Å². The fourth-order valence-electron chi connectivity index (χ4n) is 2.97. The molecule has 0 radical (unpaired) electrons. The van der Waals surface area contributed by atoms with E-state index in [1.165, 1.54) is 24.8 Å². The van der Waals surface area contributed by atoms with Gasteiger partial charge in [0.1, 0.15) is 0 Å². The monoisotopic (exact) mass is 252 g/mol. The fraction of sp³-hybridized carbons (Fsp3) is 0.643. The van der Waals surface area contributed by atoms with Crippen molar-refractivity contribution in [3.63, 3.8) is 0 Å². The smallest absolute Gasteiger partial charge is 0.152 e. The molecule has 0 spiro atoms. The highest BCUT2D eigenvalue weighted by Crippen LogP contribution is 2.32. The van der Waals surface area contributed by atoms with Crippen LogP contribution in [0.4, 0.5) is 5.69 Å². The Morgan fingerprint density at radius 1 is 1.24 bits per heavy atom. The third-order valence-electron chi connectivity index (χ3n) is 3.64. The van der Waals surface area contributed by atoms with Crippen LogP contribution in [0.2, 0.25) is 5.15 Å². The van der Waals surface area contributed by atoms with Crippen molar-refractivity contribution >= 4 is 17.3 Å². The van der Waals surface area contributed by atoms with Crippen molar-refractivity contribution in [3.05, 3.63) is 23.0 Å². The van der Waals surface area contributed by atoms with Gasteiger partial charge < -0.3 is 5.32 Å². The van der Waals surface area contributed by atoms with Gasteiger partial charge in [0.2, 0.25) is 0 Å². The molecular weight excluding hydrogens is 232 g/mol. The number of aryl methyl sites for hydroxylation is 1. The van der Waals surface area contributed by atoms with Crippen LogP contribution in [0.15, 0.2) is 12.3 Å². The Morgan fingerprint density at radius 3 is 2.47 bits per heavy atom. The van der Waals surface area contributed by atoms with Crippen molar-refractivity contribution in [1.82, 2.24) is 4.98 Å². The van der Waals surface area contributed by atoms with Crippen LogP contribution in [-0.4, -0.2) is 11.0 Å². The molecule has 1 aliphatic carbocycles. The summed E-state index contributed by atoms with van der Waals surface area (Å²) in [6, 6.07) is 2.54. The van der Waals surface area contributed by atoms with Crippen molar-refractivity contribution in [2.24, 2.45) is 11.8 Å². The van der Waals surface area contributed by atoms with E-state index in [9.17, 15) is 0 Å². The van der Waals surface area contributed by atoms with Gasteiger partial charge in [0, 0.05) is 12.2 Å². The lowest BCUT2D eigenvalue weighted by Crippen LogP contribution is -2.30. The largest absolute Gasteiger partial charge is 0.380 e. The highest BCUT2D eigenvalue weighted by atomic mass is 35.5. The van der Waals surface area contributed by atoms with E-state index < -0.39 is 0 Å². The van der Waals surface area contributed by atoms with Crippen LogP contribution in [0.1, 0.15) is 38.7 Å². The van der Waals surface area contributed by atoms with Crippen LogP contribution in [-0.2, 0) is 0 Å². The van der Waals surface area contributed by atoms with Crippen molar-refractivity contribution in [2.75, 3.05) is 5.32 Å². The molecule has 1 saturated carbocycles. The van der Waals surface area contributed by atoms with Gasteiger partial charge >= 0.3 is 0 Å². The van der Waals surface area contributed by atoms with E-state index in [4.69, 9.17) is 11.6 Å². The number of rotatable bonds is 2. The van der Waals surface area contributed by atoms with Gasteiger partial charge in [0.25, 0.3) is 0 Å². The zero-order chi connectivity index (χ0) is 12.4. The molecule has 3 heteroatoms. The Balaban J connectivity index is 2.10. The molecule has 0 aliphatic heterocycles. The highest BCUT2D eigenvalue weighted by molar-refractivity contribution is 6.32. The molecule has 17 heavy (non-hydrogen) atoms. The van der Waals surface area contributed by atoms with Crippen molar-refractivity contribution in [1.29, 1.82) is 0 Å². The Bertz CT molecular complexity index is 362. The first-order chi connectivity index (χ1) is 8.06. The Hall–Kier alpha value is -0.760. The van der Waals surface area contributed by atoms with Gasteiger partial charge in [-0.05, 0) is 49.7 Å². The molecule has 2 atom stereocenters. The lowest BCUT2D eigenvalue weighted by atomic mass is 9.80. The van der Waals surface area contributed by atoms with Crippen LogP contribution in [0.25, 0.3) is 0 Å². The Labute approximate surface area is 109 Å². The molecule has 2 unspecified atom stereocenters. The number of nitrogens with one attached hydrogen (secondary N) is 1. The number of aromatic nitrogens is 1. The third-order valence-corrected chi connectivity index (χ3v) is 3.93. The summed E-state index contributed by atoms with van der Waals surface area (Å²) >= 11 is 6.15. The summed E-state index contributed by atoms with van der Waals surface area (Å²) in [5, 5.41) is 4.18. The summed E-state index contributed by atoms with van der Waals surface area (Å²) < 4.78 is 0. The number of hydrogen-bond donors (Lipinski definition) is 1. The molecule has 1 fully saturated rings. The summed E-state index contributed by atoms with van der Waals surface area (Å²) in [6.07, 6.45) is 5.57. The van der Waals surface area contributed by atoms with Crippen LogP contribution < -0.4 is 5.32 Å². The van der Waals surface area contributed by atoms with Gasteiger partial charge in [-0.3, -0.25) is 0 Å². The maximum atomic E-state index is 6.15. The quantitative estimate of drug-likeness (QED) is 0.795. The lowest BCUT2D eigenvalue weighted by molar-refractivity contribution is 0.281. The van der Waals surface area contributed by atoms with Gasteiger partial charge in [-0.2, -0.15) is 0 Å². The van der Waals surface area contributed by atoms with Gasteiger partial charge in [-0.1, -0.05) is 25.4 Å². The predicted molar refractivity (Wildman–Crippen MR) is 73.6 cm³/mol. The van der Waals surface area contributed by atoms with E-state index in [-0.39, 0.29) is 0 Å². The molecule has 0 bridgehead atoms. The summed E-state index contributed by atoms with van der Waals surface area (Å²) in [5.74, 6) is 1.60. The topological polar surface area (TPSA) is 24.9 Å². The lowest BCUT2D eigenvalue weighted by Gasteiger charge is -2.33. The fourth-order valence-corrected chi connectivity index (χ4v) is 3.23. The normalized spacial score (nSPS) is 29.1. The summed E-state index contributed by atoms with van der Waals surface area (Å²) in [7, 11) is 0. The molecular formula is C14H21ClN2. The van der Waals surface area contributed by atoms with E-state index >= 15 is 0 Å². The molecule has 0 aromatic carbocycles. The molecule has 1 aliphatic rings. The first-order valence-corrected chi connectivity index (χ1v) is 6.81. The molecule has 2 nitrogen and oxygen atoms in total. The molecule has 1 N–H and O–H groups in total. The zero-order valence-corrected chi connectivity index (χ0v) is 11.6. The van der Waals surface area contributed by atoms with E-state index in [1.807, 2.05) is 6.07 Å². The minimum absolute atomic E-state index is 0.536. The van der Waals surface area contributed by atoms with Crippen LogP contribution in [0, 0.1) is 18.8 Å². The van der Waals surface area contributed by atoms with Crippen molar-refractivity contribution < 1.29 is 0 Å². The molecule has 1 aromatic heterocycles. The van der Waals surface area contributed by atoms with Crippen molar-refractivity contribution in [3.8, 4) is 0 Å². The van der Waals surface area contributed by atoms with Gasteiger partial charge in [-0.25, -0.2) is 4.98 Å². The summed E-state index contributed by atoms with van der Waals surface area (Å²) in [6.45, 7) is 6.75. The molecule has 2 rings (SSSR count).